The maximum Gasteiger partial charge on any atom is 0.306 e. The van der Waals surface area contributed by atoms with Crippen LogP contribution >= 0.6 is 0 Å². The van der Waals surface area contributed by atoms with Gasteiger partial charge in [-0.1, -0.05) is 281 Å². The highest BCUT2D eigenvalue weighted by atomic mass is 16.6. The lowest BCUT2D eigenvalue weighted by Crippen LogP contribution is -2.30. The van der Waals surface area contributed by atoms with Gasteiger partial charge in [-0.05, 0) is 57.8 Å². The second-order valence-corrected chi connectivity index (χ2v) is 19.9. The van der Waals surface area contributed by atoms with E-state index >= 15 is 0 Å². The Morgan fingerprint density at radius 3 is 0.897 bits per heavy atom. The zero-order chi connectivity index (χ0) is 49.3. The van der Waals surface area contributed by atoms with Crippen molar-refractivity contribution in [2.45, 2.75) is 316 Å². The van der Waals surface area contributed by atoms with Crippen LogP contribution in [0.15, 0.2) is 48.6 Å². The van der Waals surface area contributed by atoms with Crippen molar-refractivity contribution >= 4 is 17.9 Å². The fourth-order valence-electron chi connectivity index (χ4n) is 8.67. The molecule has 0 heterocycles. The monoisotopic (exact) mass is 953 g/mol. The Labute approximate surface area is 422 Å². The van der Waals surface area contributed by atoms with Gasteiger partial charge in [0, 0.05) is 19.3 Å². The Bertz CT molecular complexity index is 1190. The molecule has 0 aliphatic rings. The molecule has 0 bridgehead atoms. The molecule has 0 radical (unpaired) electrons. The molecule has 0 aromatic rings. The molecule has 0 fully saturated rings. The van der Waals surface area contributed by atoms with Gasteiger partial charge < -0.3 is 14.2 Å². The van der Waals surface area contributed by atoms with Crippen LogP contribution in [0, 0.1) is 0 Å². The number of allylic oxidation sites excluding steroid dienone is 8. The molecule has 1 atom stereocenters. The van der Waals surface area contributed by atoms with E-state index in [1.54, 1.807) is 0 Å². The van der Waals surface area contributed by atoms with E-state index in [0.717, 1.165) is 89.9 Å². The van der Waals surface area contributed by atoms with E-state index in [2.05, 4.69) is 69.4 Å². The molecule has 396 valence electrons. The molecule has 0 aliphatic carbocycles. The van der Waals surface area contributed by atoms with E-state index in [0.29, 0.717) is 19.3 Å². The average molecular weight is 954 g/mol. The van der Waals surface area contributed by atoms with Gasteiger partial charge in [0.2, 0.25) is 0 Å². The van der Waals surface area contributed by atoms with Crippen molar-refractivity contribution in [3.8, 4) is 0 Å². The highest BCUT2D eigenvalue weighted by molar-refractivity contribution is 5.71. The fourth-order valence-corrected chi connectivity index (χ4v) is 8.67. The van der Waals surface area contributed by atoms with Crippen molar-refractivity contribution in [2.24, 2.45) is 0 Å². The van der Waals surface area contributed by atoms with Crippen LogP contribution in [-0.4, -0.2) is 37.2 Å². The van der Waals surface area contributed by atoms with E-state index < -0.39 is 6.10 Å². The second kappa shape index (κ2) is 57.0. The fraction of sp³-hybridized carbons (Fsp3) is 0.823. The van der Waals surface area contributed by atoms with Crippen LogP contribution < -0.4 is 0 Å². The van der Waals surface area contributed by atoms with Gasteiger partial charge in [0.15, 0.2) is 6.10 Å². The zero-order valence-electron chi connectivity index (χ0n) is 45.4. The summed E-state index contributed by atoms with van der Waals surface area (Å²) in [7, 11) is 0. The number of carbonyl (C=O) groups is 3. The first kappa shape index (κ1) is 65.4. The Kier molecular flexibility index (Phi) is 54.8. The number of unbranched alkanes of at least 4 members (excludes halogenated alkanes) is 35. The highest BCUT2D eigenvalue weighted by Gasteiger charge is 2.19. The molecule has 6 nitrogen and oxygen atoms in total. The Hall–Kier alpha value is -2.63. The summed E-state index contributed by atoms with van der Waals surface area (Å²) < 4.78 is 16.7. The summed E-state index contributed by atoms with van der Waals surface area (Å²) in [5.74, 6) is -0.874. The van der Waals surface area contributed by atoms with Crippen LogP contribution in [0.4, 0.5) is 0 Å². The molecular weight excluding hydrogens is 841 g/mol. The molecule has 0 spiro atoms. The van der Waals surface area contributed by atoms with Gasteiger partial charge in [-0.3, -0.25) is 14.4 Å². The number of hydrogen-bond donors (Lipinski definition) is 0. The summed E-state index contributed by atoms with van der Waals surface area (Å²) in [6.45, 7) is 6.48. The highest BCUT2D eigenvalue weighted by Crippen LogP contribution is 2.17. The van der Waals surface area contributed by atoms with Gasteiger partial charge in [-0.25, -0.2) is 0 Å². The first-order valence-corrected chi connectivity index (χ1v) is 29.6. The largest absolute Gasteiger partial charge is 0.462 e. The minimum atomic E-state index is -0.769. The summed E-state index contributed by atoms with van der Waals surface area (Å²) in [6, 6.07) is 0. The van der Waals surface area contributed by atoms with Crippen LogP contribution in [0.1, 0.15) is 310 Å². The third kappa shape index (κ3) is 54.3. The van der Waals surface area contributed by atoms with Crippen molar-refractivity contribution in [3.63, 3.8) is 0 Å². The summed E-state index contributed by atoms with van der Waals surface area (Å²) in [6.07, 6.45) is 70.1. The van der Waals surface area contributed by atoms with Gasteiger partial charge in [0.25, 0.3) is 0 Å². The molecule has 0 rings (SSSR count). The van der Waals surface area contributed by atoms with Gasteiger partial charge in [-0.15, -0.1) is 0 Å². The first-order chi connectivity index (χ1) is 33.5. The Morgan fingerprint density at radius 1 is 0.309 bits per heavy atom. The standard InChI is InChI=1S/C62H112O6/c1-4-7-10-13-15-17-19-21-23-25-27-29-31-33-34-36-38-40-42-44-46-49-52-55-61(64)67-58-59(57-66-60(63)54-51-48-12-9-6-3)68-62(65)56-53-50-47-45-43-41-39-37-35-32-30-28-26-24-22-20-18-16-14-11-8-5-2/h7,10,15,17,21,23,27,29,59H,4-6,8-9,11-14,16,18-20,22,24-26,28,30-58H2,1-3H3/b10-7-,17-15-,23-21-,29-27-. The average Bonchev–Trinajstić information content (AvgIpc) is 3.34. The van der Waals surface area contributed by atoms with Crippen molar-refractivity contribution < 1.29 is 28.6 Å². The molecule has 0 aliphatic heterocycles. The SMILES string of the molecule is CC/C=C\C/C=C\C/C=C\C/C=C\CCCCCCCCCCCCC(=O)OCC(COC(=O)CCCCCCC)OC(=O)CCCCCCCCCCCCCCCCCCCCCCCC. The molecule has 0 aromatic heterocycles. The maximum atomic E-state index is 12.8. The lowest BCUT2D eigenvalue weighted by Gasteiger charge is -2.18. The lowest BCUT2D eigenvalue weighted by molar-refractivity contribution is -0.167. The third-order valence-corrected chi connectivity index (χ3v) is 13.1. The van der Waals surface area contributed by atoms with Crippen LogP contribution in [0.25, 0.3) is 0 Å². The van der Waals surface area contributed by atoms with Crippen molar-refractivity contribution in [2.75, 3.05) is 13.2 Å². The molecular formula is C62H112O6. The van der Waals surface area contributed by atoms with E-state index in [1.807, 2.05) is 0 Å². The molecule has 0 N–H and O–H groups in total. The minimum Gasteiger partial charge on any atom is -0.462 e. The van der Waals surface area contributed by atoms with E-state index in [4.69, 9.17) is 14.2 Å². The van der Waals surface area contributed by atoms with E-state index in [1.165, 1.54) is 180 Å². The van der Waals surface area contributed by atoms with Gasteiger partial charge in [0.05, 0.1) is 0 Å². The number of esters is 3. The van der Waals surface area contributed by atoms with Crippen molar-refractivity contribution in [1.29, 1.82) is 0 Å². The van der Waals surface area contributed by atoms with E-state index in [9.17, 15) is 14.4 Å². The predicted molar refractivity (Wildman–Crippen MR) is 293 cm³/mol. The summed E-state index contributed by atoms with van der Waals surface area (Å²) in [5.41, 5.74) is 0. The third-order valence-electron chi connectivity index (χ3n) is 13.1. The van der Waals surface area contributed by atoms with Gasteiger partial charge >= 0.3 is 17.9 Å². The number of rotatable bonds is 54. The van der Waals surface area contributed by atoms with Crippen LogP contribution in [0.2, 0.25) is 0 Å². The summed E-state index contributed by atoms with van der Waals surface area (Å²) >= 11 is 0. The van der Waals surface area contributed by atoms with Crippen molar-refractivity contribution in [1.82, 2.24) is 0 Å². The number of hydrogen-bond acceptors (Lipinski definition) is 6. The van der Waals surface area contributed by atoms with Crippen molar-refractivity contribution in [3.05, 3.63) is 48.6 Å². The molecule has 0 saturated heterocycles. The topological polar surface area (TPSA) is 78.9 Å². The maximum absolute atomic E-state index is 12.8. The normalized spacial score (nSPS) is 12.3. The smallest absolute Gasteiger partial charge is 0.306 e. The van der Waals surface area contributed by atoms with Crippen LogP contribution in [0.5, 0.6) is 0 Å². The Balaban J connectivity index is 4.05. The Morgan fingerprint density at radius 2 is 0.574 bits per heavy atom. The van der Waals surface area contributed by atoms with Crippen LogP contribution in [0.3, 0.4) is 0 Å². The first-order valence-electron chi connectivity index (χ1n) is 29.6. The molecule has 68 heavy (non-hydrogen) atoms. The molecule has 6 heteroatoms. The van der Waals surface area contributed by atoms with Gasteiger partial charge in [-0.2, -0.15) is 0 Å². The number of carbonyl (C=O) groups excluding carboxylic acids is 3. The lowest BCUT2D eigenvalue weighted by atomic mass is 10.0. The second-order valence-electron chi connectivity index (χ2n) is 19.9. The number of ether oxygens (including phenoxy) is 3. The minimum absolute atomic E-state index is 0.0720. The quantitative estimate of drug-likeness (QED) is 0.0262. The summed E-state index contributed by atoms with van der Waals surface area (Å²) in [4.78, 5) is 37.8. The molecule has 1 unspecified atom stereocenters. The van der Waals surface area contributed by atoms with E-state index in [-0.39, 0.29) is 31.1 Å². The summed E-state index contributed by atoms with van der Waals surface area (Å²) in [5, 5.41) is 0. The molecule has 0 saturated carbocycles. The van der Waals surface area contributed by atoms with Gasteiger partial charge in [0.1, 0.15) is 13.2 Å². The molecule has 0 aromatic carbocycles. The van der Waals surface area contributed by atoms with Crippen LogP contribution in [-0.2, 0) is 28.6 Å². The predicted octanol–water partition coefficient (Wildman–Crippen LogP) is 19.8. The zero-order valence-corrected chi connectivity index (χ0v) is 45.4. The molecule has 0 amide bonds.